The topological polar surface area (TPSA) is 83.9 Å². The number of nitrogens with one attached hydrogen (secondary N) is 1. The first-order valence-corrected chi connectivity index (χ1v) is 10.4. The maximum atomic E-state index is 13.6. The number of rotatable bonds is 4. The Morgan fingerprint density at radius 2 is 1.83 bits per heavy atom. The molecule has 2 aliphatic rings. The molecule has 1 saturated heterocycles. The van der Waals surface area contributed by atoms with E-state index in [9.17, 15) is 4.79 Å². The number of likely N-dealkylation sites (tertiary alicyclic amines) is 1. The number of piperidine rings is 1. The van der Waals surface area contributed by atoms with Crippen LogP contribution in [0.4, 0.5) is 5.82 Å². The molecule has 7 heteroatoms. The van der Waals surface area contributed by atoms with Gasteiger partial charge >= 0.3 is 0 Å². The molecule has 3 aromatic rings. The highest BCUT2D eigenvalue weighted by Gasteiger charge is 2.52. The van der Waals surface area contributed by atoms with Crippen LogP contribution in [0.5, 0.6) is 0 Å². The second-order valence-corrected chi connectivity index (χ2v) is 8.20. The van der Waals surface area contributed by atoms with Crippen LogP contribution in [0, 0.1) is 12.8 Å². The summed E-state index contributed by atoms with van der Waals surface area (Å²) in [5.41, 5.74) is 2.21. The molecular formula is C23H24N6O. The Bertz CT molecular complexity index is 1050. The summed E-state index contributed by atoms with van der Waals surface area (Å²) in [6, 6.07) is 9.97. The minimum atomic E-state index is -0.0542. The van der Waals surface area contributed by atoms with Gasteiger partial charge in [0.2, 0.25) is 0 Å². The van der Waals surface area contributed by atoms with E-state index < -0.39 is 0 Å². The molecule has 4 unspecified atom stereocenters. The number of nitrogens with zero attached hydrogens (tertiary/aromatic N) is 5. The van der Waals surface area contributed by atoms with Crippen molar-refractivity contribution >= 4 is 11.7 Å². The maximum absolute atomic E-state index is 13.6. The fraction of sp³-hybridized carbons (Fsp3) is 0.348. The lowest BCUT2D eigenvalue weighted by molar-refractivity contribution is 0.0593. The lowest BCUT2D eigenvalue weighted by Gasteiger charge is -2.38. The second-order valence-electron chi connectivity index (χ2n) is 8.20. The number of fused-ring (bicyclic) bond motifs is 2. The molecule has 4 heterocycles. The van der Waals surface area contributed by atoms with Gasteiger partial charge in [0.25, 0.3) is 5.91 Å². The van der Waals surface area contributed by atoms with E-state index in [1.807, 2.05) is 42.3 Å². The van der Waals surface area contributed by atoms with Gasteiger partial charge in [0.05, 0.1) is 11.6 Å². The Kier molecular flexibility index (Phi) is 4.65. The van der Waals surface area contributed by atoms with Crippen molar-refractivity contribution in [2.24, 2.45) is 5.92 Å². The Hall–Kier alpha value is -3.35. The monoisotopic (exact) mass is 400 g/mol. The number of hydrogen-bond donors (Lipinski definition) is 1. The van der Waals surface area contributed by atoms with Gasteiger partial charge in [0.1, 0.15) is 11.5 Å². The average molecular weight is 400 g/mol. The van der Waals surface area contributed by atoms with Crippen molar-refractivity contribution in [2.75, 3.05) is 5.32 Å². The van der Waals surface area contributed by atoms with E-state index in [0.29, 0.717) is 23.0 Å². The van der Waals surface area contributed by atoms with Crippen molar-refractivity contribution in [1.29, 1.82) is 0 Å². The zero-order valence-electron chi connectivity index (χ0n) is 17.1. The Balaban J connectivity index is 1.43. The van der Waals surface area contributed by atoms with Crippen LogP contribution >= 0.6 is 0 Å². The zero-order valence-corrected chi connectivity index (χ0v) is 17.1. The molecule has 0 spiro atoms. The molecule has 2 bridgehead atoms. The predicted octanol–water partition coefficient (Wildman–Crippen LogP) is 3.35. The smallest absolute Gasteiger partial charge is 0.273 e. The van der Waals surface area contributed by atoms with Crippen molar-refractivity contribution in [3.05, 3.63) is 66.4 Å². The number of hydrogen-bond acceptors (Lipinski definition) is 6. The third kappa shape index (κ3) is 3.20. The van der Waals surface area contributed by atoms with Gasteiger partial charge < -0.3 is 10.2 Å². The second kappa shape index (κ2) is 7.48. The highest BCUT2D eigenvalue weighted by atomic mass is 16.2. The Morgan fingerprint density at radius 3 is 2.57 bits per heavy atom. The first kappa shape index (κ1) is 18.7. The summed E-state index contributed by atoms with van der Waals surface area (Å²) in [4.78, 5) is 33.2. The predicted molar refractivity (Wildman–Crippen MR) is 114 cm³/mol. The number of aryl methyl sites for hydroxylation is 1. The number of carbonyl (C=O) groups excluding carboxylic acids is 1. The van der Waals surface area contributed by atoms with Crippen LogP contribution in [-0.4, -0.2) is 48.9 Å². The summed E-state index contributed by atoms with van der Waals surface area (Å²) in [6.07, 6.45) is 8.92. The maximum Gasteiger partial charge on any atom is 0.273 e. The SMILES string of the molecule is Cc1ccc(NC2CC3CC2N(C(=O)c2ncccc2-c2ncccn2)C3C)nc1. The van der Waals surface area contributed by atoms with Crippen molar-refractivity contribution < 1.29 is 4.79 Å². The number of aromatic nitrogens is 4. The van der Waals surface area contributed by atoms with Gasteiger partial charge in [-0.25, -0.2) is 15.0 Å². The Morgan fingerprint density at radius 1 is 1.03 bits per heavy atom. The van der Waals surface area contributed by atoms with E-state index in [-0.39, 0.29) is 24.0 Å². The molecule has 0 aromatic carbocycles. The summed E-state index contributed by atoms with van der Waals surface area (Å²) in [6.45, 7) is 4.17. The van der Waals surface area contributed by atoms with Crippen LogP contribution < -0.4 is 5.32 Å². The fourth-order valence-electron chi connectivity index (χ4n) is 4.83. The Labute approximate surface area is 175 Å². The quantitative estimate of drug-likeness (QED) is 0.723. The highest BCUT2D eigenvalue weighted by molar-refractivity contribution is 5.98. The number of amides is 1. The average Bonchev–Trinajstić information content (AvgIpc) is 3.33. The first-order valence-electron chi connectivity index (χ1n) is 10.4. The fourth-order valence-corrected chi connectivity index (χ4v) is 4.83. The van der Waals surface area contributed by atoms with Gasteiger partial charge in [-0.3, -0.25) is 9.78 Å². The van der Waals surface area contributed by atoms with Crippen LogP contribution in [-0.2, 0) is 0 Å². The van der Waals surface area contributed by atoms with E-state index in [2.05, 4.69) is 32.2 Å². The lowest BCUT2D eigenvalue weighted by Crippen LogP contribution is -2.51. The molecule has 1 aliphatic heterocycles. The van der Waals surface area contributed by atoms with E-state index in [0.717, 1.165) is 24.2 Å². The minimum Gasteiger partial charge on any atom is -0.365 e. The molecule has 1 saturated carbocycles. The molecule has 2 fully saturated rings. The summed E-state index contributed by atoms with van der Waals surface area (Å²) in [5.74, 6) is 1.79. The largest absolute Gasteiger partial charge is 0.365 e. The summed E-state index contributed by atoms with van der Waals surface area (Å²) in [5, 5.41) is 3.55. The van der Waals surface area contributed by atoms with Crippen LogP contribution in [0.15, 0.2) is 55.1 Å². The third-order valence-electron chi connectivity index (χ3n) is 6.34. The molecule has 7 nitrogen and oxygen atoms in total. The normalized spacial score (nSPS) is 24.8. The summed E-state index contributed by atoms with van der Waals surface area (Å²) < 4.78 is 0. The van der Waals surface area contributed by atoms with E-state index >= 15 is 0 Å². The van der Waals surface area contributed by atoms with Gasteiger partial charge in [-0.05, 0) is 62.4 Å². The summed E-state index contributed by atoms with van der Waals surface area (Å²) >= 11 is 0. The lowest BCUT2D eigenvalue weighted by atomic mass is 9.97. The molecule has 152 valence electrons. The van der Waals surface area contributed by atoms with Crippen LogP contribution in [0.25, 0.3) is 11.4 Å². The first-order chi connectivity index (χ1) is 14.6. The molecule has 3 aromatic heterocycles. The van der Waals surface area contributed by atoms with Gasteiger partial charge in [-0.15, -0.1) is 0 Å². The third-order valence-corrected chi connectivity index (χ3v) is 6.34. The van der Waals surface area contributed by atoms with Gasteiger partial charge in [0, 0.05) is 36.9 Å². The molecule has 0 radical (unpaired) electrons. The molecule has 4 atom stereocenters. The number of anilines is 1. The minimum absolute atomic E-state index is 0.0542. The number of carbonyl (C=O) groups is 1. The van der Waals surface area contributed by atoms with E-state index in [1.54, 1.807) is 24.7 Å². The molecule has 1 N–H and O–H groups in total. The van der Waals surface area contributed by atoms with E-state index in [4.69, 9.17) is 0 Å². The molecule has 1 aliphatic carbocycles. The van der Waals surface area contributed by atoms with E-state index in [1.165, 1.54) is 0 Å². The van der Waals surface area contributed by atoms with Crippen molar-refractivity contribution in [3.63, 3.8) is 0 Å². The van der Waals surface area contributed by atoms with Crippen LogP contribution in [0.1, 0.15) is 35.8 Å². The molecule has 5 rings (SSSR count). The van der Waals surface area contributed by atoms with Crippen LogP contribution in [0.3, 0.4) is 0 Å². The van der Waals surface area contributed by atoms with Gasteiger partial charge in [-0.2, -0.15) is 0 Å². The van der Waals surface area contributed by atoms with Crippen molar-refractivity contribution in [2.45, 2.75) is 44.8 Å². The van der Waals surface area contributed by atoms with Crippen molar-refractivity contribution in [1.82, 2.24) is 24.8 Å². The van der Waals surface area contributed by atoms with Gasteiger partial charge in [0.15, 0.2) is 5.82 Å². The number of pyridine rings is 2. The molecule has 1 amide bonds. The van der Waals surface area contributed by atoms with Crippen LogP contribution in [0.2, 0.25) is 0 Å². The molecule has 30 heavy (non-hydrogen) atoms. The molecular weight excluding hydrogens is 376 g/mol. The van der Waals surface area contributed by atoms with Gasteiger partial charge in [-0.1, -0.05) is 6.07 Å². The summed E-state index contributed by atoms with van der Waals surface area (Å²) in [7, 11) is 0. The standard InChI is InChI=1S/C23H24N6O/c1-14-6-7-20(27-13-14)28-18-11-16-12-19(18)29(15(16)2)23(30)21-17(5-3-8-24-21)22-25-9-4-10-26-22/h3-10,13,15-16,18-19H,11-12H2,1-2H3,(H,27,28). The highest BCUT2D eigenvalue weighted by Crippen LogP contribution is 2.44. The zero-order chi connectivity index (χ0) is 20.7. The van der Waals surface area contributed by atoms with Crippen molar-refractivity contribution in [3.8, 4) is 11.4 Å².